The van der Waals surface area contributed by atoms with Gasteiger partial charge in [0, 0.05) is 19.0 Å². The molecule has 96 valence electrons. The summed E-state index contributed by atoms with van der Waals surface area (Å²) in [7, 11) is 0. The molecule has 0 spiro atoms. The van der Waals surface area contributed by atoms with Crippen LogP contribution in [0.4, 0.5) is 0 Å². The van der Waals surface area contributed by atoms with E-state index in [-0.39, 0.29) is 17.7 Å². The van der Waals surface area contributed by atoms with Crippen molar-refractivity contribution in [2.75, 3.05) is 13.1 Å². The third-order valence-corrected chi connectivity index (χ3v) is 3.12. The van der Waals surface area contributed by atoms with Crippen LogP contribution in [-0.2, 0) is 14.4 Å². The molecule has 7 heteroatoms. The van der Waals surface area contributed by atoms with Gasteiger partial charge in [0.1, 0.15) is 5.92 Å². The van der Waals surface area contributed by atoms with Crippen LogP contribution in [0, 0.1) is 11.8 Å². The smallest absolute Gasteiger partial charge is 0.237 e. The summed E-state index contributed by atoms with van der Waals surface area (Å²) < 4.78 is 0. The van der Waals surface area contributed by atoms with Gasteiger partial charge in [0.05, 0.1) is 0 Å². The monoisotopic (exact) mass is 242 g/mol. The molecule has 1 atom stereocenters. The summed E-state index contributed by atoms with van der Waals surface area (Å²) in [5.74, 6) is 2.96. The van der Waals surface area contributed by atoms with Gasteiger partial charge in [-0.05, 0) is 19.8 Å². The Balaban J connectivity index is 2.49. The molecule has 1 heterocycles. The molecule has 17 heavy (non-hydrogen) atoms. The van der Waals surface area contributed by atoms with E-state index in [1.807, 2.05) is 0 Å². The Morgan fingerprint density at radius 3 is 2.24 bits per heavy atom. The van der Waals surface area contributed by atoms with E-state index in [0.717, 1.165) is 0 Å². The second kappa shape index (κ2) is 5.62. The minimum absolute atomic E-state index is 0.159. The highest BCUT2D eigenvalue weighted by atomic mass is 16.2. The molecule has 3 amide bonds. The van der Waals surface area contributed by atoms with Crippen LogP contribution in [-0.4, -0.2) is 35.7 Å². The number of hydrazine groups is 1. The number of amides is 3. The average Bonchev–Trinajstić information content (AvgIpc) is 2.36. The summed E-state index contributed by atoms with van der Waals surface area (Å²) in [4.78, 5) is 35.5. The van der Waals surface area contributed by atoms with Gasteiger partial charge in [0.25, 0.3) is 0 Å². The van der Waals surface area contributed by atoms with E-state index in [1.165, 1.54) is 6.92 Å². The Morgan fingerprint density at radius 2 is 1.82 bits per heavy atom. The van der Waals surface area contributed by atoms with Gasteiger partial charge in [0.15, 0.2) is 0 Å². The zero-order valence-electron chi connectivity index (χ0n) is 9.81. The molecular formula is C10H18N4O3. The molecule has 0 aromatic carbocycles. The molecule has 1 aliphatic heterocycles. The maximum absolute atomic E-state index is 11.8. The van der Waals surface area contributed by atoms with E-state index in [1.54, 1.807) is 4.90 Å². The maximum atomic E-state index is 11.8. The topological polar surface area (TPSA) is 119 Å². The standard InChI is InChI=1S/C10H18N4O3/c1-6(8(11)15)10(17)14-4-2-7(3-5-14)9(16)13-12/h6-7H,2-5,12H2,1H3,(H2,11,15)(H,13,16). The number of rotatable bonds is 3. The number of hydrogen-bond donors (Lipinski definition) is 3. The molecule has 5 N–H and O–H groups in total. The summed E-state index contributed by atoms with van der Waals surface area (Å²) in [6, 6.07) is 0. The van der Waals surface area contributed by atoms with E-state index < -0.39 is 11.8 Å². The third-order valence-electron chi connectivity index (χ3n) is 3.12. The van der Waals surface area contributed by atoms with Gasteiger partial charge in [-0.25, -0.2) is 5.84 Å². The van der Waals surface area contributed by atoms with E-state index in [2.05, 4.69) is 5.43 Å². The summed E-state index contributed by atoms with van der Waals surface area (Å²) in [6.07, 6.45) is 1.11. The van der Waals surface area contributed by atoms with Crippen molar-refractivity contribution in [1.82, 2.24) is 10.3 Å². The zero-order valence-corrected chi connectivity index (χ0v) is 9.81. The lowest BCUT2D eigenvalue weighted by Crippen LogP contribution is -2.47. The van der Waals surface area contributed by atoms with E-state index >= 15 is 0 Å². The minimum Gasteiger partial charge on any atom is -0.369 e. The quantitative estimate of drug-likeness (QED) is 0.237. The number of carbonyl (C=O) groups excluding carboxylic acids is 3. The minimum atomic E-state index is -0.810. The van der Waals surface area contributed by atoms with Gasteiger partial charge in [-0.2, -0.15) is 0 Å². The molecule has 0 aliphatic carbocycles. The van der Waals surface area contributed by atoms with Crippen LogP contribution >= 0.6 is 0 Å². The number of hydrogen-bond acceptors (Lipinski definition) is 4. The number of primary amides is 1. The molecule has 0 aromatic rings. The molecule has 0 bridgehead atoms. The molecule has 1 fully saturated rings. The number of piperidine rings is 1. The van der Waals surface area contributed by atoms with Gasteiger partial charge < -0.3 is 10.6 Å². The van der Waals surface area contributed by atoms with Gasteiger partial charge in [0.2, 0.25) is 17.7 Å². The summed E-state index contributed by atoms with van der Waals surface area (Å²) in [5, 5.41) is 0. The molecule has 0 radical (unpaired) electrons. The Bertz CT molecular complexity index is 324. The van der Waals surface area contributed by atoms with Crippen LogP contribution in [0.15, 0.2) is 0 Å². The van der Waals surface area contributed by atoms with Crippen molar-refractivity contribution >= 4 is 17.7 Å². The number of likely N-dealkylation sites (tertiary alicyclic amines) is 1. The maximum Gasteiger partial charge on any atom is 0.237 e. The van der Waals surface area contributed by atoms with Crippen LogP contribution in [0.25, 0.3) is 0 Å². The second-order valence-electron chi connectivity index (χ2n) is 4.23. The predicted molar refractivity (Wildman–Crippen MR) is 60.0 cm³/mol. The Hall–Kier alpha value is -1.63. The van der Waals surface area contributed by atoms with E-state index in [9.17, 15) is 14.4 Å². The fraction of sp³-hybridized carbons (Fsp3) is 0.700. The highest BCUT2D eigenvalue weighted by Gasteiger charge is 2.30. The first-order valence-electron chi connectivity index (χ1n) is 5.56. The number of carbonyl (C=O) groups is 3. The number of nitrogens with two attached hydrogens (primary N) is 2. The summed E-state index contributed by atoms with van der Waals surface area (Å²) in [6.45, 7) is 2.40. The predicted octanol–water partition coefficient (Wildman–Crippen LogP) is -1.66. The SMILES string of the molecule is CC(C(N)=O)C(=O)N1CCC(C(=O)NN)CC1. The van der Waals surface area contributed by atoms with E-state index in [4.69, 9.17) is 11.6 Å². The molecule has 1 aliphatic rings. The van der Waals surface area contributed by atoms with Crippen LogP contribution in [0.5, 0.6) is 0 Å². The van der Waals surface area contributed by atoms with E-state index in [0.29, 0.717) is 25.9 Å². The molecule has 1 unspecified atom stereocenters. The Kier molecular flexibility index (Phi) is 4.45. The van der Waals surface area contributed by atoms with Gasteiger partial charge >= 0.3 is 0 Å². The van der Waals surface area contributed by atoms with Gasteiger partial charge in [-0.15, -0.1) is 0 Å². The largest absolute Gasteiger partial charge is 0.369 e. The van der Waals surface area contributed by atoms with Crippen LogP contribution in [0.2, 0.25) is 0 Å². The Morgan fingerprint density at radius 1 is 1.29 bits per heavy atom. The Labute approximate surface area is 99.5 Å². The molecular weight excluding hydrogens is 224 g/mol. The third kappa shape index (κ3) is 3.16. The van der Waals surface area contributed by atoms with Gasteiger partial charge in [-0.1, -0.05) is 0 Å². The normalized spacial score (nSPS) is 18.6. The molecule has 1 rings (SSSR count). The van der Waals surface area contributed by atoms with Crippen molar-refractivity contribution < 1.29 is 14.4 Å². The highest BCUT2D eigenvalue weighted by molar-refractivity contribution is 5.99. The van der Waals surface area contributed by atoms with Crippen molar-refractivity contribution in [2.24, 2.45) is 23.4 Å². The number of nitrogens with one attached hydrogen (secondary N) is 1. The van der Waals surface area contributed by atoms with Crippen molar-refractivity contribution in [1.29, 1.82) is 0 Å². The first-order chi connectivity index (χ1) is 7.97. The second-order valence-corrected chi connectivity index (χ2v) is 4.23. The van der Waals surface area contributed by atoms with Crippen LogP contribution in [0.1, 0.15) is 19.8 Å². The lowest BCUT2D eigenvalue weighted by atomic mass is 9.95. The molecule has 0 saturated carbocycles. The molecule has 7 nitrogen and oxygen atoms in total. The molecule has 0 aromatic heterocycles. The highest BCUT2D eigenvalue weighted by Crippen LogP contribution is 2.18. The molecule has 1 saturated heterocycles. The lowest BCUT2D eigenvalue weighted by molar-refractivity contribution is -0.142. The van der Waals surface area contributed by atoms with Crippen molar-refractivity contribution in [2.45, 2.75) is 19.8 Å². The summed E-state index contributed by atoms with van der Waals surface area (Å²) >= 11 is 0. The van der Waals surface area contributed by atoms with Crippen LogP contribution < -0.4 is 17.0 Å². The van der Waals surface area contributed by atoms with Crippen molar-refractivity contribution in [3.8, 4) is 0 Å². The first kappa shape index (κ1) is 13.4. The lowest BCUT2D eigenvalue weighted by Gasteiger charge is -2.32. The van der Waals surface area contributed by atoms with Crippen molar-refractivity contribution in [3.05, 3.63) is 0 Å². The van der Waals surface area contributed by atoms with Gasteiger partial charge in [-0.3, -0.25) is 19.8 Å². The number of nitrogens with zero attached hydrogens (tertiary/aromatic N) is 1. The zero-order chi connectivity index (χ0) is 13.0. The fourth-order valence-electron chi connectivity index (χ4n) is 1.88. The van der Waals surface area contributed by atoms with Crippen LogP contribution in [0.3, 0.4) is 0 Å². The van der Waals surface area contributed by atoms with Crippen molar-refractivity contribution in [3.63, 3.8) is 0 Å². The fourth-order valence-corrected chi connectivity index (χ4v) is 1.88. The average molecular weight is 242 g/mol. The first-order valence-corrected chi connectivity index (χ1v) is 5.56. The summed E-state index contributed by atoms with van der Waals surface area (Å²) in [5.41, 5.74) is 7.18.